The molecular formula is C16H14N3NaO3S. The van der Waals surface area contributed by atoms with Crippen LogP contribution in [0.5, 0.6) is 0 Å². The van der Waals surface area contributed by atoms with Crippen LogP contribution in [0.3, 0.4) is 0 Å². The van der Waals surface area contributed by atoms with Crippen molar-refractivity contribution in [1.29, 1.82) is 10.5 Å². The predicted molar refractivity (Wildman–Crippen MR) is 84.9 cm³/mol. The molecular weight excluding hydrogens is 337 g/mol. The molecule has 118 valence electrons. The second-order valence-electron chi connectivity index (χ2n) is 5.08. The van der Waals surface area contributed by atoms with Crippen molar-refractivity contribution >= 4 is 21.4 Å². The number of benzene rings is 1. The minimum absolute atomic E-state index is 0. The van der Waals surface area contributed by atoms with E-state index in [0.29, 0.717) is 12.1 Å². The van der Waals surface area contributed by atoms with Gasteiger partial charge in [0, 0.05) is 34.8 Å². The monoisotopic (exact) mass is 351 g/mol. The van der Waals surface area contributed by atoms with Gasteiger partial charge in [-0.25, -0.2) is 8.42 Å². The Kier molecular flexibility index (Phi) is 7.22. The smallest absolute Gasteiger partial charge is 0.748 e. The number of hydrogen-bond donors (Lipinski definition) is 0. The molecule has 8 heteroatoms. The molecule has 1 aromatic carbocycles. The molecule has 0 fully saturated rings. The van der Waals surface area contributed by atoms with Crippen molar-refractivity contribution in [2.45, 2.75) is 13.3 Å². The van der Waals surface area contributed by atoms with Crippen LogP contribution in [0.4, 0.5) is 5.69 Å². The van der Waals surface area contributed by atoms with Crippen molar-refractivity contribution in [2.75, 3.05) is 17.2 Å². The van der Waals surface area contributed by atoms with Gasteiger partial charge in [-0.3, -0.25) is 0 Å². The van der Waals surface area contributed by atoms with E-state index < -0.39 is 15.9 Å². The molecule has 1 aromatic rings. The summed E-state index contributed by atoms with van der Waals surface area (Å²) in [5, 5.41) is 18.2. The molecule has 0 aromatic heterocycles. The molecule has 0 saturated carbocycles. The van der Waals surface area contributed by atoms with E-state index in [1.54, 1.807) is 18.2 Å². The zero-order valence-electron chi connectivity index (χ0n) is 13.5. The molecule has 0 radical (unpaired) electrons. The van der Waals surface area contributed by atoms with E-state index in [0.717, 1.165) is 16.9 Å². The van der Waals surface area contributed by atoms with Crippen molar-refractivity contribution in [3.63, 3.8) is 0 Å². The van der Waals surface area contributed by atoms with Gasteiger partial charge >= 0.3 is 29.6 Å². The number of anilines is 1. The number of allylic oxidation sites excluding steroid dienone is 4. The Morgan fingerprint density at radius 2 is 1.88 bits per heavy atom. The molecule has 0 spiro atoms. The van der Waals surface area contributed by atoms with Gasteiger partial charge in [-0.15, -0.1) is 0 Å². The van der Waals surface area contributed by atoms with E-state index in [1.165, 1.54) is 0 Å². The summed E-state index contributed by atoms with van der Waals surface area (Å²) in [7, 11) is -4.24. The van der Waals surface area contributed by atoms with Gasteiger partial charge < -0.3 is 9.45 Å². The van der Waals surface area contributed by atoms with Crippen LogP contribution in [0.2, 0.25) is 0 Å². The summed E-state index contributed by atoms with van der Waals surface area (Å²) in [4.78, 5) is 1.89. The Labute approximate surface area is 163 Å². The molecule has 0 aliphatic carbocycles. The summed E-state index contributed by atoms with van der Waals surface area (Å²) in [6.07, 6.45) is 1.93. The zero-order valence-corrected chi connectivity index (χ0v) is 16.3. The van der Waals surface area contributed by atoms with E-state index in [2.05, 4.69) is 0 Å². The second kappa shape index (κ2) is 8.48. The molecule has 0 amide bonds. The molecule has 0 unspecified atom stereocenters. The van der Waals surface area contributed by atoms with Crippen LogP contribution in [0.1, 0.15) is 18.9 Å². The largest absolute Gasteiger partial charge is 1.00 e. The first-order valence-electron chi connectivity index (χ1n) is 6.90. The molecule has 1 aliphatic heterocycles. The molecule has 0 saturated heterocycles. The first-order valence-corrected chi connectivity index (χ1v) is 8.48. The van der Waals surface area contributed by atoms with Crippen LogP contribution in [-0.2, 0) is 10.1 Å². The van der Waals surface area contributed by atoms with Gasteiger partial charge in [0.05, 0.1) is 10.1 Å². The van der Waals surface area contributed by atoms with Gasteiger partial charge in [-0.05, 0) is 25.5 Å². The Bertz CT molecular complexity index is 861. The number of nitriles is 2. The van der Waals surface area contributed by atoms with Crippen molar-refractivity contribution in [3.05, 3.63) is 47.2 Å². The van der Waals surface area contributed by atoms with Crippen LogP contribution >= 0.6 is 0 Å². The number of para-hydroxylation sites is 1. The number of fused-ring (bicyclic) bond motifs is 1. The molecule has 0 atom stereocenters. The Balaban J connectivity index is 0.00000288. The normalized spacial score (nSPS) is 13.1. The summed E-state index contributed by atoms with van der Waals surface area (Å²) in [5.41, 5.74) is 2.88. The third-order valence-electron chi connectivity index (χ3n) is 3.53. The van der Waals surface area contributed by atoms with Crippen LogP contribution < -0.4 is 34.5 Å². The standard InChI is InChI=1S/C16H15N3O3S.Na/c1-12-9-15(13(10-17)11-18)14-5-2-3-6-16(14)19(12)7-4-8-23(20,21)22;/h2-3,5-6,9H,4,7-8H2,1H3,(H,20,21,22);/q;+1/p-1. The van der Waals surface area contributed by atoms with Crippen LogP contribution in [-0.4, -0.2) is 25.3 Å². The summed E-state index contributed by atoms with van der Waals surface area (Å²) < 4.78 is 32.3. The molecule has 6 nitrogen and oxygen atoms in total. The minimum atomic E-state index is -4.24. The number of hydrogen-bond acceptors (Lipinski definition) is 6. The SMILES string of the molecule is CC1=CC(=C(C#N)C#N)c2ccccc2N1CCCS(=O)(=O)[O-].[Na+]. The third-order valence-corrected chi connectivity index (χ3v) is 4.32. The summed E-state index contributed by atoms with van der Waals surface area (Å²) >= 11 is 0. The van der Waals surface area contributed by atoms with Crippen molar-refractivity contribution in [1.82, 2.24) is 0 Å². The first-order chi connectivity index (χ1) is 10.9. The Hall–Kier alpha value is -1.61. The number of rotatable bonds is 4. The van der Waals surface area contributed by atoms with E-state index >= 15 is 0 Å². The quantitative estimate of drug-likeness (QED) is 0.397. The van der Waals surface area contributed by atoms with Gasteiger partial charge in [0.25, 0.3) is 0 Å². The maximum Gasteiger partial charge on any atom is 1.00 e. The van der Waals surface area contributed by atoms with E-state index in [4.69, 9.17) is 10.5 Å². The van der Waals surface area contributed by atoms with Gasteiger partial charge in [-0.2, -0.15) is 10.5 Å². The molecule has 1 heterocycles. The second-order valence-corrected chi connectivity index (χ2v) is 6.61. The van der Waals surface area contributed by atoms with Crippen LogP contribution in [0.25, 0.3) is 5.57 Å². The molecule has 0 N–H and O–H groups in total. The fourth-order valence-electron chi connectivity index (χ4n) is 2.54. The molecule has 1 aliphatic rings. The average Bonchev–Trinajstić information content (AvgIpc) is 2.50. The topological polar surface area (TPSA) is 108 Å². The van der Waals surface area contributed by atoms with E-state index in [9.17, 15) is 13.0 Å². The fraction of sp³-hybridized carbons (Fsp3) is 0.250. The maximum absolute atomic E-state index is 10.8. The first kappa shape index (κ1) is 20.4. The summed E-state index contributed by atoms with van der Waals surface area (Å²) in [6.45, 7) is 2.18. The van der Waals surface area contributed by atoms with Crippen LogP contribution in [0.15, 0.2) is 41.6 Å². The van der Waals surface area contributed by atoms with Gasteiger partial charge in [0.1, 0.15) is 17.7 Å². The summed E-state index contributed by atoms with van der Waals surface area (Å²) in [5.74, 6) is -0.427. The molecule has 0 bridgehead atoms. The van der Waals surface area contributed by atoms with Crippen LogP contribution in [0, 0.1) is 22.7 Å². The van der Waals surface area contributed by atoms with Gasteiger partial charge in [0.2, 0.25) is 0 Å². The minimum Gasteiger partial charge on any atom is -0.748 e. The van der Waals surface area contributed by atoms with Crippen molar-refractivity contribution in [3.8, 4) is 12.1 Å². The van der Waals surface area contributed by atoms with Gasteiger partial charge in [-0.1, -0.05) is 18.2 Å². The predicted octanol–water partition coefficient (Wildman–Crippen LogP) is -0.850. The molecule has 24 heavy (non-hydrogen) atoms. The molecule has 2 rings (SSSR count). The summed E-state index contributed by atoms with van der Waals surface area (Å²) in [6, 6.07) is 11.1. The Morgan fingerprint density at radius 1 is 1.25 bits per heavy atom. The van der Waals surface area contributed by atoms with Gasteiger partial charge in [0.15, 0.2) is 0 Å². The van der Waals surface area contributed by atoms with E-state index in [1.807, 2.05) is 36.1 Å². The zero-order chi connectivity index (χ0) is 17.0. The Morgan fingerprint density at radius 3 is 2.46 bits per heavy atom. The maximum atomic E-state index is 10.8. The average molecular weight is 351 g/mol. The third kappa shape index (κ3) is 4.70. The van der Waals surface area contributed by atoms with E-state index in [-0.39, 0.29) is 41.6 Å². The van der Waals surface area contributed by atoms with Crippen molar-refractivity contribution < 1.29 is 42.5 Å². The van der Waals surface area contributed by atoms with Crippen molar-refractivity contribution in [2.24, 2.45) is 0 Å². The number of nitrogens with zero attached hydrogens (tertiary/aromatic N) is 3. The fourth-order valence-corrected chi connectivity index (χ4v) is 3.02.